The number of fused-ring (bicyclic) bond motifs is 1. The minimum Gasteiger partial charge on any atom is -0.344 e. The average Bonchev–Trinajstić information content (AvgIpc) is 2.54. The molecule has 0 amide bonds. The number of ketones is 2. The van der Waals surface area contributed by atoms with E-state index in [0.717, 1.165) is 19.3 Å². The molecule has 0 unspecified atom stereocenters. The van der Waals surface area contributed by atoms with Crippen LogP contribution < -0.4 is 6.15 Å². The second-order valence-electron chi connectivity index (χ2n) is 5.53. The monoisotopic (exact) mass is 335 g/mol. The molecule has 24 heavy (non-hydrogen) atoms. The third kappa shape index (κ3) is 4.48. The third-order valence-corrected chi connectivity index (χ3v) is 4.00. The van der Waals surface area contributed by atoms with Crippen molar-refractivity contribution in [2.75, 3.05) is 6.61 Å². The maximum Gasteiger partial charge on any atom is 0.294 e. The van der Waals surface area contributed by atoms with Crippen molar-refractivity contribution in [3.8, 4) is 0 Å². The number of rotatable bonds is 8. The largest absolute Gasteiger partial charge is 0.344 e. The molecule has 0 bridgehead atoms. The molecule has 1 aromatic rings. The fourth-order valence-corrected chi connectivity index (χ4v) is 2.75. The van der Waals surface area contributed by atoms with Crippen LogP contribution in [0, 0.1) is 10.1 Å². The highest BCUT2D eigenvalue weighted by atomic mass is 16.9. The number of nitrogens with zero attached hydrogens (tertiary/aromatic N) is 1. The van der Waals surface area contributed by atoms with Crippen LogP contribution in [0.2, 0.25) is 0 Å². The average molecular weight is 335 g/mol. The van der Waals surface area contributed by atoms with E-state index >= 15 is 0 Å². The van der Waals surface area contributed by atoms with Crippen LogP contribution in [-0.4, -0.2) is 23.3 Å². The van der Waals surface area contributed by atoms with Crippen LogP contribution in [0.25, 0.3) is 0 Å². The Morgan fingerprint density at radius 1 is 1.00 bits per heavy atom. The Hall–Kier alpha value is -2.54. The Kier molecular flexibility index (Phi) is 7.26. The molecule has 0 fully saturated rings. The van der Waals surface area contributed by atoms with Crippen LogP contribution >= 0.6 is 0 Å². The summed E-state index contributed by atoms with van der Waals surface area (Å²) in [7, 11) is 0. The highest BCUT2D eigenvalue weighted by molar-refractivity contribution is 6.26. The summed E-state index contributed by atoms with van der Waals surface area (Å²) in [6.07, 6.45) is 3.56. The Balaban J connectivity index is 0.00000288. The van der Waals surface area contributed by atoms with Gasteiger partial charge in [0.1, 0.15) is 0 Å². The van der Waals surface area contributed by atoms with E-state index < -0.39 is 5.09 Å². The molecule has 0 saturated carbocycles. The molecule has 1 aromatic carbocycles. The van der Waals surface area contributed by atoms with Gasteiger partial charge in [-0.2, -0.15) is 0 Å². The lowest BCUT2D eigenvalue weighted by atomic mass is 9.83. The third-order valence-electron chi connectivity index (χ3n) is 4.00. The zero-order valence-electron chi connectivity index (χ0n) is 13.7. The molecule has 0 aliphatic heterocycles. The van der Waals surface area contributed by atoms with Gasteiger partial charge in [0.15, 0.2) is 11.6 Å². The van der Waals surface area contributed by atoms with Crippen molar-refractivity contribution in [1.29, 1.82) is 0 Å². The number of benzene rings is 1. The zero-order chi connectivity index (χ0) is 16.8. The second kappa shape index (κ2) is 8.93. The Morgan fingerprint density at radius 2 is 1.58 bits per heavy atom. The van der Waals surface area contributed by atoms with Crippen molar-refractivity contribution in [3.05, 3.63) is 56.7 Å². The summed E-state index contributed by atoms with van der Waals surface area (Å²) in [4.78, 5) is 39.1. The molecule has 2 rings (SSSR count). The molecule has 0 spiro atoms. The molecule has 7 heteroatoms. The van der Waals surface area contributed by atoms with E-state index in [1.54, 1.807) is 31.2 Å². The van der Waals surface area contributed by atoms with E-state index in [0.29, 0.717) is 35.1 Å². The molecule has 0 atom stereocenters. The van der Waals surface area contributed by atoms with Crippen LogP contribution in [-0.2, 0) is 4.84 Å². The van der Waals surface area contributed by atoms with E-state index in [2.05, 4.69) is 4.84 Å². The quantitative estimate of drug-likeness (QED) is 0.334. The standard InChI is InChI=1S/C17H19NO5.H3N/c1-12-13(8-4-2-3-7-11-23-18(21)22)17(20)15-10-6-5-9-14(15)16(12)19;/h5-6,9-10H,2-4,7-8,11H2,1H3;1H3/i;1+1. The number of unbranched alkanes of at least 4 members (excludes halogenated alkanes) is 3. The van der Waals surface area contributed by atoms with Crippen LogP contribution in [0.15, 0.2) is 35.4 Å². The number of Topliss-reactive ketones (excluding diaryl/α,β-unsaturated/α-hetero) is 2. The predicted molar refractivity (Wildman–Crippen MR) is 88.9 cm³/mol. The maximum atomic E-state index is 12.5. The molecule has 1 aliphatic rings. The van der Waals surface area contributed by atoms with Crippen molar-refractivity contribution in [3.63, 3.8) is 0 Å². The molecule has 0 aromatic heterocycles. The smallest absolute Gasteiger partial charge is 0.294 e. The summed E-state index contributed by atoms with van der Waals surface area (Å²) in [5.74, 6) is -0.135. The maximum absolute atomic E-state index is 12.5. The number of hydrogen-bond acceptors (Lipinski definition) is 6. The Labute approximate surface area is 140 Å². The number of carbonyl (C=O) groups is 2. The Morgan fingerprint density at radius 3 is 2.21 bits per heavy atom. The molecule has 3 N–H and O–H groups in total. The summed E-state index contributed by atoms with van der Waals surface area (Å²) in [6.45, 7) is 1.80. The van der Waals surface area contributed by atoms with Crippen LogP contribution in [0.3, 0.4) is 0 Å². The van der Waals surface area contributed by atoms with Gasteiger partial charge in [-0.1, -0.05) is 37.1 Å². The van der Waals surface area contributed by atoms with Crippen molar-refractivity contribution < 1.29 is 19.5 Å². The molecular weight excluding hydrogens is 313 g/mol. The Bertz CT molecular complexity index is 667. The van der Waals surface area contributed by atoms with Crippen LogP contribution in [0.5, 0.6) is 0 Å². The number of carbonyl (C=O) groups excluding carboxylic acids is 2. The molecule has 7 nitrogen and oxygen atoms in total. The van der Waals surface area contributed by atoms with Crippen LogP contribution in [0.4, 0.5) is 0 Å². The first-order valence-electron chi connectivity index (χ1n) is 7.68. The lowest BCUT2D eigenvalue weighted by molar-refractivity contribution is -0.757. The lowest BCUT2D eigenvalue weighted by Crippen LogP contribution is -2.20. The molecule has 0 radical (unpaired) electrons. The number of hydrogen-bond donors (Lipinski definition) is 1. The fraction of sp³-hybridized carbons (Fsp3) is 0.412. The first-order chi connectivity index (χ1) is 11.0. The van der Waals surface area contributed by atoms with Gasteiger partial charge in [-0.25, -0.2) is 0 Å². The van der Waals surface area contributed by atoms with Gasteiger partial charge in [0.05, 0.1) is 6.61 Å². The molecule has 130 valence electrons. The molecular formula is C17H22N2O5. The van der Waals surface area contributed by atoms with Crippen molar-refractivity contribution in [2.45, 2.75) is 39.0 Å². The van der Waals surface area contributed by atoms with Gasteiger partial charge in [-0.15, -0.1) is 10.1 Å². The van der Waals surface area contributed by atoms with E-state index in [9.17, 15) is 19.7 Å². The van der Waals surface area contributed by atoms with Gasteiger partial charge in [0.25, 0.3) is 5.09 Å². The van der Waals surface area contributed by atoms with Crippen molar-refractivity contribution in [1.82, 2.24) is 6.15 Å². The number of allylic oxidation sites excluding steroid dienone is 2. The predicted octanol–water partition coefficient (Wildman–Crippen LogP) is 3.70. The summed E-state index contributed by atoms with van der Waals surface area (Å²) in [6, 6.07) is 6.90. The van der Waals surface area contributed by atoms with Gasteiger partial charge in [-0.05, 0) is 26.2 Å². The minimum absolute atomic E-state index is 0. The molecule has 1 aliphatic carbocycles. The van der Waals surface area contributed by atoms with Crippen molar-refractivity contribution in [2.24, 2.45) is 0 Å². The minimum atomic E-state index is -0.794. The van der Waals surface area contributed by atoms with Gasteiger partial charge >= 0.3 is 0 Å². The second-order valence-corrected chi connectivity index (χ2v) is 5.53. The normalized spacial score (nSPS) is 13.4. The summed E-state index contributed by atoms with van der Waals surface area (Å²) in [5.41, 5.74) is 2.09. The summed E-state index contributed by atoms with van der Waals surface area (Å²) < 4.78 is 0. The fourth-order valence-electron chi connectivity index (χ4n) is 2.75. The first-order valence-corrected chi connectivity index (χ1v) is 7.68. The van der Waals surface area contributed by atoms with Gasteiger partial charge in [0, 0.05) is 22.3 Å². The highest BCUT2D eigenvalue weighted by Crippen LogP contribution is 2.29. The summed E-state index contributed by atoms with van der Waals surface area (Å²) in [5, 5.41) is 9.21. The van der Waals surface area contributed by atoms with Gasteiger partial charge in [-0.3, -0.25) is 9.59 Å². The highest BCUT2D eigenvalue weighted by Gasteiger charge is 2.28. The van der Waals surface area contributed by atoms with Crippen LogP contribution in [0.1, 0.15) is 59.7 Å². The summed E-state index contributed by atoms with van der Waals surface area (Å²) >= 11 is 0. The van der Waals surface area contributed by atoms with Gasteiger partial charge < -0.3 is 11.0 Å². The SMILES string of the molecule is CC1=C(CCCCCCO[N+](=O)[O-])C(=O)c2ccccc2C1=O.[15NH3]. The van der Waals surface area contributed by atoms with E-state index in [1.807, 2.05) is 0 Å². The lowest BCUT2D eigenvalue weighted by Gasteiger charge is -2.18. The van der Waals surface area contributed by atoms with E-state index in [4.69, 9.17) is 0 Å². The molecule has 0 saturated heterocycles. The zero-order valence-corrected chi connectivity index (χ0v) is 13.7. The topological polar surface area (TPSA) is 122 Å². The molecule has 0 heterocycles. The first kappa shape index (κ1) is 19.5. The van der Waals surface area contributed by atoms with Crippen molar-refractivity contribution >= 4 is 11.6 Å². The van der Waals surface area contributed by atoms with E-state index in [-0.39, 0.29) is 24.3 Å². The van der Waals surface area contributed by atoms with Gasteiger partial charge in [0.2, 0.25) is 0 Å². The van der Waals surface area contributed by atoms with E-state index in [1.165, 1.54) is 0 Å².